The van der Waals surface area contributed by atoms with Crippen LogP contribution in [0.4, 0.5) is 0 Å². The Kier molecular flexibility index (Phi) is 3.60. The van der Waals surface area contributed by atoms with Crippen LogP contribution < -0.4 is 5.73 Å². The van der Waals surface area contributed by atoms with Crippen LogP contribution in [0.3, 0.4) is 0 Å². The van der Waals surface area contributed by atoms with Gasteiger partial charge < -0.3 is 5.73 Å². The summed E-state index contributed by atoms with van der Waals surface area (Å²) >= 11 is 1.92. The number of nitrogens with two attached hydrogens (primary N) is 1. The SMILES string of the molecule is CCc1ccc(C=C2CCC(N)CC2)s1. The molecule has 1 heterocycles. The molecule has 0 spiro atoms. The molecule has 0 atom stereocenters. The lowest BCUT2D eigenvalue weighted by Gasteiger charge is -2.19. The van der Waals surface area contributed by atoms with E-state index in [4.69, 9.17) is 5.73 Å². The largest absolute Gasteiger partial charge is 0.328 e. The molecule has 0 bridgehead atoms. The van der Waals surface area contributed by atoms with Crippen LogP contribution in [0.1, 0.15) is 42.4 Å². The molecular weight excluding hydrogens is 202 g/mol. The first-order valence-corrected chi connectivity index (χ1v) is 6.63. The zero-order valence-electron chi connectivity index (χ0n) is 9.33. The highest BCUT2D eigenvalue weighted by molar-refractivity contribution is 7.12. The number of hydrogen-bond donors (Lipinski definition) is 1. The highest BCUT2D eigenvalue weighted by atomic mass is 32.1. The van der Waals surface area contributed by atoms with Gasteiger partial charge in [0.05, 0.1) is 0 Å². The second-order valence-electron chi connectivity index (χ2n) is 4.30. The zero-order valence-corrected chi connectivity index (χ0v) is 10.1. The molecule has 1 aromatic rings. The summed E-state index contributed by atoms with van der Waals surface area (Å²) in [6, 6.07) is 4.92. The molecule has 0 unspecified atom stereocenters. The second kappa shape index (κ2) is 4.95. The summed E-state index contributed by atoms with van der Waals surface area (Å²) in [5.41, 5.74) is 7.48. The van der Waals surface area contributed by atoms with Crippen molar-refractivity contribution < 1.29 is 0 Å². The van der Waals surface area contributed by atoms with Crippen molar-refractivity contribution in [2.45, 2.75) is 45.1 Å². The van der Waals surface area contributed by atoms with E-state index in [-0.39, 0.29) is 0 Å². The predicted octanol–water partition coefficient (Wildman–Crippen LogP) is 3.60. The van der Waals surface area contributed by atoms with Crippen molar-refractivity contribution in [2.24, 2.45) is 5.73 Å². The number of thiophene rings is 1. The number of aryl methyl sites for hydroxylation is 1. The lowest BCUT2D eigenvalue weighted by atomic mass is 9.91. The van der Waals surface area contributed by atoms with Gasteiger partial charge in [0.15, 0.2) is 0 Å². The Balaban J connectivity index is 2.03. The van der Waals surface area contributed by atoms with Gasteiger partial charge in [0.1, 0.15) is 0 Å². The quantitative estimate of drug-likeness (QED) is 0.811. The third-order valence-electron chi connectivity index (χ3n) is 3.05. The maximum absolute atomic E-state index is 5.89. The Labute approximate surface area is 96.0 Å². The van der Waals surface area contributed by atoms with E-state index in [1.54, 1.807) is 5.57 Å². The first-order valence-electron chi connectivity index (χ1n) is 5.81. The van der Waals surface area contributed by atoms with Crippen LogP contribution in [0.5, 0.6) is 0 Å². The van der Waals surface area contributed by atoms with Crippen LogP contribution in [0.2, 0.25) is 0 Å². The third kappa shape index (κ3) is 2.93. The van der Waals surface area contributed by atoms with E-state index in [9.17, 15) is 0 Å². The smallest absolute Gasteiger partial charge is 0.0272 e. The number of allylic oxidation sites excluding steroid dienone is 1. The second-order valence-corrected chi connectivity index (χ2v) is 5.50. The molecule has 0 aliphatic heterocycles. The van der Waals surface area contributed by atoms with Gasteiger partial charge in [-0.05, 0) is 50.3 Å². The summed E-state index contributed by atoms with van der Waals surface area (Å²) in [7, 11) is 0. The van der Waals surface area contributed by atoms with Gasteiger partial charge in [0.25, 0.3) is 0 Å². The molecule has 2 rings (SSSR count). The van der Waals surface area contributed by atoms with Crippen molar-refractivity contribution in [3.63, 3.8) is 0 Å². The molecule has 15 heavy (non-hydrogen) atoms. The van der Waals surface area contributed by atoms with Crippen LogP contribution in [0.15, 0.2) is 17.7 Å². The molecule has 1 saturated carbocycles. The molecule has 1 aliphatic carbocycles. The molecule has 1 nitrogen and oxygen atoms in total. The summed E-state index contributed by atoms with van der Waals surface area (Å²) in [6.45, 7) is 2.21. The highest BCUT2D eigenvalue weighted by Gasteiger charge is 2.12. The van der Waals surface area contributed by atoms with Crippen molar-refractivity contribution in [2.75, 3.05) is 0 Å². The molecule has 1 fully saturated rings. The minimum atomic E-state index is 0.441. The summed E-state index contributed by atoms with van der Waals surface area (Å²) in [5, 5.41) is 0. The van der Waals surface area contributed by atoms with Gasteiger partial charge >= 0.3 is 0 Å². The Morgan fingerprint density at radius 1 is 1.40 bits per heavy atom. The molecule has 2 heteroatoms. The highest BCUT2D eigenvalue weighted by Crippen LogP contribution is 2.27. The number of hydrogen-bond acceptors (Lipinski definition) is 2. The van der Waals surface area contributed by atoms with Crippen molar-refractivity contribution in [1.29, 1.82) is 0 Å². The standard InChI is InChI=1S/C13H19NS/c1-2-12-7-8-13(15-12)9-10-3-5-11(14)6-4-10/h7-9,11H,2-6,14H2,1H3. The zero-order chi connectivity index (χ0) is 10.7. The van der Waals surface area contributed by atoms with E-state index in [0.29, 0.717) is 6.04 Å². The molecule has 2 N–H and O–H groups in total. The van der Waals surface area contributed by atoms with Crippen molar-refractivity contribution in [3.05, 3.63) is 27.5 Å². The van der Waals surface area contributed by atoms with Crippen LogP contribution >= 0.6 is 11.3 Å². The minimum Gasteiger partial charge on any atom is -0.328 e. The van der Waals surface area contributed by atoms with Gasteiger partial charge in [0, 0.05) is 15.8 Å². The molecule has 0 saturated heterocycles. The van der Waals surface area contributed by atoms with Crippen LogP contribution in [-0.4, -0.2) is 6.04 Å². The Bertz CT molecular complexity index is 341. The fourth-order valence-corrected chi connectivity index (χ4v) is 2.96. The first-order chi connectivity index (χ1) is 7.28. The fourth-order valence-electron chi connectivity index (χ4n) is 2.02. The topological polar surface area (TPSA) is 26.0 Å². The summed E-state index contributed by atoms with van der Waals surface area (Å²) in [4.78, 5) is 2.90. The van der Waals surface area contributed by atoms with Crippen LogP contribution in [0, 0.1) is 0 Å². The van der Waals surface area contributed by atoms with Crippen molar-refractivity contribution >= 4 is 17.4 Å². The van der Waals surface area contributed by atoms with Gasteiger partial charge in [-0.2, -0.15) is 0 Å². The molecule has 82 valence electrons. The van der Waals surface area contributed by atoms with E-state index in [1.807, 2.05) is 11.3 Å². The van der Waals surface area contributed by atoms with Gasteiger partial charge in [-0.3, -0.25) is 0 Å². The summed E-state index contributed by atoms with van der Waals surface area (Å²) < 4.78 is 0. The van der Waals surface area contributed by atoms with Gasteiger partial charge in [-0.25, -0.2) is 0 Å². The molecule has 0 aromatic carbocycles. The Morgan fingerprint density at radius 3 is 2.73 bits per heavy atom. The van der Waals surface area contributed by atoms with E-state index < -0.39 is 0 Å². The monoisotopic (exact) mass is 221 g/mol. The molecular formula is C13H19NS. The molecule has 0 radical (unpaired) electrons. The molecule has 0 amide bonds. The van der Waals surface area contributed by atoms with E-state index in [0.717, 1.165) is 19.3 Å². The summed E-state index contributed by atoms with van der Waals surface area (Å²) in [5.74, 6) is 0. The Hall–Kier alpha value is -0.600. The van der Waals surface area contributed by atoms with Crippen molar-refractivity contribution in [1.82, 2.24) is 0 Å². The number of rotatable bonds is 2. The van der Waals surface area contributed by atoms with Gasteiger partial charge in [-0.15, -0.1) is 11.3 Å². The normalized spacial score (nSPS) is 21.7. The van der Waals surface area contributed by atoms with Crippen molar-refractivity contribution in [3.8, 4) is 0 Å². The lowest BCUT2D eigenvalue weighted by Crippen LogP contribution is -2.23. The van der Waals surface area contributed by atoms with E-state index in [1.165, 1.54) is 22.6 Å². The van der Waals surface area contributed by atoms with Gasteiger partial charge in [0.2, 0.25) is 0 Å². The maximum atomic E-state index is 5.89. The third-order valence-corrected chi connectivity index (χ3v) is 4.23. The van der Waals surface area contributed by atoms with Crippen LogP contribution in [-0.2, 0) is 6.42 Å². The molecule has 1 aliphatic rings. The van der Waals surface area contributed by atoms with Gasteiger partial charge in [-0.1, -0.05) is 12.5 Å². The average Bonchev–Trinajstić information content (AvgIpc) is 2.69. The lowest BCUT2D eigenvalue weighted by molar-refractivity contribution is 0.514. The van der Waals surface area contributed by atoms with E-state index in [2.05, 4.69) is 25.1 Å². The summed E-state index contributed by atoms with van der Waals surface area (Å²) in [6.07, 6.45) is 8.24. The molecule has 1 aromatic heterocycles. The van der Waals surface area contributed by atoms with Crippen LogP contribution in [0.25, 0.3) is 6.08 Å². The first kappa shape index (κ1) is 10.9. The van der Waals surface area contributed by atoms with E-state index >= 15 is 0 Å². The fraction of sp³-hybridized carbons (Fsp3) is 0.538. The predicted molar refractivity (Wildman–Crippen MR) is 68.1 cm³/mol. The minimum absolute atomic E-state index is 0.441. The average molecular weight is 221 g/mol. The Morgan fingerprint density at radius 2 is 2.13 bits per heavy atom. The maximum Gasteiger partial charge on any atom is 0.0272 e.